The average Bonchev–Trinajstić information content (AvgIpc) is 2.39. The van der Waals surface area contributed by atoms with Gasteiger partial charge in [0.1, 0.15) is 0 Å². The first-order valence-corrected chi connectivity index (χ1v) is 8.63. The number of aliphatic hydroxyl groups is 1. The van der Waals surface area contributed by atoms with Crippen LogP contribution >= 0.6 is 15.9 Å². The number of anilines is 1. The summed E-state index contributed by atoms with van der Waals surface area (Å²) in [7, 11) is 0. The van der Waals surface area contributed by atoms with E-state index in [9.17, 15) is 5.11 Å². The smallest absolute Gasteiger partial charge is 0.0794 e. The van der Waals surface area contributed by atoms with Crippen molar-refractivity contribution in [1.82, 2.24) is 5.32 Å². The van der Waals surface area contributed by atoms with Crippen molar-refractivity contribution in [2.75, 3.05) is 24.5 Å². The minimum Gasteiger partial charge on any atom is -0.388 e. The number of halogens is 1. The van der Waals surface area contributed by atoms with Crippen molar-refractivity contribution in [2.24, 2.45) is 5.92 Å². The van der Waals surface area contributed by atoms with Crippen molar-refractivity contribution in [1.29, 1.82) is 0 Å². The molecular weight excluding hydrogens is 328 g/mol. The molecule has 118 valence electrons. The molecule has 1 atom stereocenters. The lowest BCUT2D eigenvalue weighted by molar-refractivity contribution is 0.0449. The van der Waals surface area contributed by atoms with E-state index in [2.05, 4.69) is 58.2 Å². The Kier molecular flexibility index (Phi) is 5.69. The topological polar surface area (TPSA) is 35.5 Å². The van der Waals surface area contributed by atoms with Gasteiger partial charge in [-0.1, -0.05) is 35.8 Å². The van der Waals surface area contributed by atoms with Crippen molar-refractivity contribution < 1.29 is 5.11 Å². The fourth-order valence-corrected chi connectivity index (χ4v) is 3.32. The highest BCUT2D eigenvalue weighted by atomic mass is 79.9. The molecule has 1 aromatic rings. The Morgan fingerprint density at radius 3 is 2.81 bits per heavy atom. The van der Waals surface area contributed by atoms with Gasteiger partial charge >= 0.3 is 0 Å². The summed E-state index contributed by atoms with van der Waals surface area (Å²) < 4.78 is 1.14. The molecule has 2 N–H and O–H groups in total. The van der Waals surface area contributed by atoms with Crippen LogP contribution in [0, 0.1) is 5.92 Å². The van der Waals surface area contributed by atoms with Crippen LogP contribution in [0.2, 0.25) is 0 Å². The zero-order chi connectivity index (χ0) is 15.5. The molecule has 0 amide bonds. The molecule has 3 nitrogen and oxygen atoms in total. The predicted molar refractivity (Wildman–Crippen MR) is 92.8 cm³/mol. The lowest BCUT2D eigenvalue weighted by Crippen LogP contribution is -2.46. The van der Waals surface area contributed by atoms with Gasteiger partial charge in [-0.25, -0.2) is 0 Å². The summed E-state index contributed by atoms with van der Waals surface area (Å²) in [6, 6.07) is 6.52. The van der Waals surface area contributed by atoms with Crippen LogP contribution in [0.1, 0.15) is 39.2 Å². The Hall–Kier alpha value is -0.580. The molecule has 0 spiro atoms. The van der Waals surface area contributed by atoms with E-state index < -0.39 is 5.60 Å². The first-order valence-electron chi connectivity index (χ1n) is 7.84. The number of nitrogens with one attached hydrogen (secondary N) is 1. The SMILES string of the molecule is CC(C)CNCc1ccc(N2CCCC(C)(O)C2)cc1Br. The van der Waals surface area contributed by atoms with Gasteiger partial charge in [0.2, 0.25) is 0 Å². The molecule has 0 radical (unpaired) electrons. The number of hydrogen-bond acceptors (Lipinski definition) is 3. The Labute approximate surface area is 136 Å². The Morgan fingerprint density at radius 1 is 1.43 bits per heavy atom. The minimum atomic E-state index is -0.567. The summed E-state index contributed by atoms with van der Waals surface area (Å²) in [6.45, 7) is 10.0. The fourth-order valence-electron chi connectivity index (χ4n) is 2.81. The second-order valence-electron chi connectivity index (χ2n) is 6.82. The molecule has 0 aliphatic carbocycles. The van der Waals surface area contributed by atoms with Gasteiger partial charge in [-0.3, -0.25) is 0 Å². The van der Waals surface area contributed by atoms with E-state index in [1.807, 2.05) is 6.92 Å². The largest absolute Gasteiger partial charge is 0.388 e. The molecule has 1 unspecified atom stereocenters. The number of rotatable bonds is 5. The van der Waals surface area contributed by atoms with E-state index in [1.54, 1.807) is 0 Å². The Bertz CT molecular complexity index is 474. The monoisotopic (exact) mass is 354 g/mol. The number of nitrogens with zero attached hydrogens (tertiary/aromatic N) is 1. The van der Waals surface area contributed by atoms with Crippen LogP contribution < -0.4 is 10.2 Å². The first kappa shape index (κ1) is 16.8. The molecule has 0 bridgehead atoms. The molecule has 1 heterocycles. The lowest BCUT2D eigenvalue weighted by atomic mass is 9.94. The van der Waals surface area contributed by atoms with Gasteiger partial charge in [-0.05, 0) is 49.9 Å². The molecule has 0 aromatic heterocycles. The van der Waals surface area contributed by atoms with Crippen molar-refractivity contribution in [3.63, 3.8) is 0 Å². The van der Waals surface area contributed by atoms with Gasteiger partial charge < -0.3 is 15.3 Å². The minimum absolute atomic E-state index is 0.567. The maximum atomic E-state index is 10.2. The quantitative estimate of drug-likeness (QED) is 0.848. The number of benzene rings is 1. The summed E-state index contributed by atoms with van der Waals surface area (Å²) in [5.41, 5.74) is 1.90. The zero-order valence-corrected chi connectivity index (χ0v) is 14.9. The van der Waals surface area contributed by atoms with E-state index in [0.29, 0.717) is 12.5 Å². The average molecular weight is 355 g/mol. The Balaban J connectivity index is 2.01. The van der Waals surface area contributed by atoms with Gasteiger partial charge in [0.05, 0.1) is 5.60 Å². The van der Waals surface area contributed by atoms with Crippen LogP contribution in [0.25, 0.3) is 0 Å². The zero-order valence-electron chi connectivity index (χ0n) is 13.3. The predicted octanol–water partition coefficient (Wildman–Crippen LogP) is 3.55. The maximum absolute atomic E-state index is 10.2. The number of piperidine rings is 1. The van der Waals surface area contributed by atoms with Crippen LogP contribution in [0.15, 0.2) is 22.7 Å². The van der Waals surface area contributed by atoms with E-state index in [1.165, 1.54) is 11.3 Å². The summed E-state index contributed by atoms with van der Waals surface area (Å²) >= 11 is 3.68. The first-order chi connectivity index (χ1) is 9.87. The Morgan fingerprint density at radius 2 is 2.19 bits per heavy atom. The van der Waals surface area contributed by atoms with E-state index >= 15 is 0 Å². The van der Waals surface area contributed by atoms with Crippen molar-refractivity contribution in [3.05, 3.63) is 28.2 Å². The third-order valence-corrected chi connectivity index (χ3v) is 4.68. The van der Waals surface area contributed by atoms with Gasteiger partial charge in [0, 0.05) is 29.8 Å². The molecule has 0 saturated carbocycles. The number of β-amino-alcohol motifs (C(OH)–C–C–N with tert-alkyl or cyclic N) is 1. The van der Waals surface area contributed by atoms with E-state index in [-0.39, 0.29) is 0 Å². The second kappa shape index (κ2) is 7.12. The van der Waals surface area contributed by atoms with Crippen molar-refractivity contribution >= 4 is 21.6 Å². The third-order valence-electron chi connectivity index (χ3n) is 3.94. The summed E-state index contributed by atoms with van der Waals surface area (Å²) in [5.74, 6) is 0.665. The van der Waals surface area contributed by atoms with Gasteiger partial charge in [0.15, 0.2) is 0 Å². The van der Waals surface area contributed by atoms with E-state index in [0.717, 1.165) is 36.9 Å². The van der Waals surface area contributed by atoms with Crippen LogP contribution in [0.3, 0.4) is 0 Å². The maximum Gasteiger partial charge on any atom is 0.0794 e. The molecule has 1 aliphatic rings. The molecule has 4 heteroatoms. The highest BCUT2D eigenvalue weighted by molar-refractivity contribution is 9.10. The third kappa shape index (κ3) is 4.97. The van der Waals surface area contributed by atoms with Crippen LogP contribution in [-0.2, 0) is 6.54 Å². The summed E-state index contributed by atoms with van der Waals surface area (Å²) in [5, 5.41) is 13.7. The van der Waals surface area contributed by atoms with Crippen molar-refractivity contribution in [3.8, 4) is 0 Å². The molecule has 1 fully saturated rings. The van der Waals surface area contributed by atoms with E-state index in [4.69, 9.17) is 0 Å². The van der Waals surface area contributed by atoms with Gasteiger partial charge in [-0.2, -0.15) is 0 Å². The van der Waals surface area contributed by atoms with Gasteiger partial charge in [0.25, 0.3) is 0 Å². The fraction of sp³-hybridized carbons (Fsp3) is 0.647. The molecule has 2 rings (SSSR count). The molecule has 1 aromatic carbocycles. The molecule has 21 heavy (non-hydrogen) atoms. The van der Waals surface area contributed by atoms with Crippen LogP contribution in [0.4, 0.5) is 5.69 Å². The lowest BCUT2D eigenvalue weighted by Gasteiger charge is -2.38. The summed E-state index contributed by atoms with van der Waals surface area (Å²) in [4.78, 5) is 2.28. The highest BCUT2D eigenvalue weighted by Crippen LogP contribution is 2.29. The van der Waals surface area contributed by atoms with Crippen LogP contribution in [-0.4, -0.2) is 30.3 Å². The molecule has 1 aliphatic heterocycles. The van der Waals surface area contributed by atoms with Crippen molar-refractivity contribution in [2.45, 2.75) is 45.8 Å². The standard InChI is InChI=1S/C17H27BrN2O/c1-13(2)10-19-11-14-5-6-15(9-16(14)18)20-8-4-7-17(3,21)12-20/h5-6,9,13,19,21H,4,7-8,10-12H2,1-3H3. The highest BCUT2D eigenvalue weighted by Gasteiger charge is 2.28. The second-order valence-corrected chi connectivity index (χ2v) is 7.68. The normalized spacial score (nSPS) is 22.9. The number of hydrogen-bond donors (Lipinski definition) is 2. The summed E-state index contributed by atoms with van der Waals surface area (Å²) in [6.07, 6.45) is 1.93. The van der Waals surface area contributed by atoms with Gasteiger partial charge in [-0.15, -0.1) is 0 Å². The molecular formula is C17H27BrN2O. The molecule has 1 saturated heterocycles. The van der Waals surface area contributed by atoms with Crippen LogP contribution in [0.5, 0.6) is 0 Å².